The molecule has 0 bridgehead atoms. The van der Waals surface area contributed by atoms with Gasteiger partial charge >= 0.3 is 0 Å². The Morgan fingerprint density at radius 1 is 1.14 bits per heavy atom. The highest BCUT2D eigenvalue weighted by atomic mass is 16.5. The number of ether oxygens (including phenoxy) is 2. The van der Waals surface area contributed by atoms with Crippen LogP contribution in [-0.2, 0) is 9.47 Å². The molecule has 0 amide bonds. The molecule has 0 aliphatic rings. The molecule has 0 spiro atoms. The van der Waals surface area contributed by atoms with Crippen LogP contribution in [0.15, 0.2) is 0 Å². The highest BCUT2D eigenvalue weighted by molar-refractivity contribution is 4.62. The summed E-state index contributed by atoms with van der Waals surface area (Å²) in [5, 5.41) is 0. The van der Waals surface area contributed by atoms with Crippen molar-refractivity contribution >= 4 is 0 Å². The van der Waals surface area contributed by atoms with Gasteiger partial charge in [-0.2, -0.15) is 0 Å². The molecule has 1 unspecified atom stereocenters. The SMILES string of the molecule is COCCCOCCC(N)CC(C)C. The first-order valence-corrected chi connectivity index (χ1v) is 5.49. The minimum absolute atomic E-state index is 0.289. The number of rotatable bonds is 9. The van der Waals surface area contributed by atoms with Gasteiger partial charge in [-0.1, -0.05) is 13.8 Å². The molecule has 0 aromatic rings. The number of nitrogens with two attached hydrogens (primary N) is 1. The van der Waals surface area contributed by atoms with Gasteiger partial charge in [0.25, 0.3) is 0 Å². The maximum absolute atomic E-state index is 5.91. The standard InChI is InChI=1S/C11H25NO2/c1-10(2)9-11(12)5-8-14-7-4-6-13-3/h10-11H,4-9,12H2,1-3H3. The molecule has 1 atom stereocenters. The van der Waals surface area contributed by atoms with Gasteiger partial charge in [0.1, 0.15) is 0 Å². The molecule has 0 aromatic heterocycles. The normalized spacial score (nSPS) is 13.5. The molecule has 3 nitrogen and oxygen atoms in total. The highest BCUT2D eigenvalue weighted by Crippen LogP contribution is 2.05. The van der Waals surface area contributed by atoms with E-state index in [2.05, 4.69) is 13.8 Å². The van der Waals surface area contributed by atoms with Crippen molar-refractivity contribution < 1.29 is 9.47 Å². The van der Waals surface area contributed by atoms with Crippen molar-refractivity contribution in [1.82, 2.24) is 0 Å². The van der Waals surface area contributed by atoms with E-state index in [1.165, 1.54) is 0 Å². The molecule has 86 valence electrons. The van der Waals surface area contributed by atoms with Crippen molar-refractivity contribution in [3.63, 3.8) is 0 Å². The molecule has 3 heteroatoms. The lowest BCUT2D eigenvalue weighted by molar-refractivity contribution is 0.0974. The third kappa shape index (κ3) is 9.96. The fourth-order valence-electron chi connectivity index (χ4n) is 1.37. The van der Waals surface area contributed by atoms with Crippen LogP contribution in [0.1, 0.15) is 33.1 Å². The minimum atomic E-state index is 0.289. The van der Waals surface area contributed by atoms with E-state index in [0.717, 1.165) is 39.1 Å². The second kappa shape index (κ2) is 9.44. The Hall–Kier alpha value is -0.120. The Kier molecular flexibility index (Phi) is 9.35. The Balaban J connectivity index is 3.10. The fraction of sp³-hybridized carbons (Fsp3) is 1.00. The van der Waals surface area contributed by atoms with Gasteiger partial charge < -0.3 is 15.2 Å². The molecule has 0 saturated heterocycles. The first-order chi connectivity index (χ1) is 6.66. The summed E-state index contributed by atoms with van der Waals surface area (Å²) in [7, 11) is 1.71. The summed E-state index contributed by atoms with van der Waals surface area (Å²) in [6.07, 6.45) is 3.02. The lowest BCUT2D eigenvalue weighted by Crippen LogP contribution is -2.24. The van der Waals surface area contributed by atoms with Crippen LogP contribution in [0.25, 0.3) is 0 Å². The molecule has 0 saturated carbocycles. The zero-order valence-electron chi connectivity index (χ0n) is 9.79. The lowest BCUT2D eigenvalue weighted by atomic mass is 10.0. The van der Waals surface area contributed by atoms with Crippen LogP contribution in [0.4, 0.5) is 0 Å². The van der Waals surface area contributed by atoms with Gasteiger partial charge in [0, 0.05) is 33.0 Å². The average molecular weight is 203 g/mol. The highest BCUT2D eigenvalue weighted by Gasteiger charge is 2.04. The van der Waals surface area contributed by atoms with Crippen molar-refractivity contribution in [1.29, 1.82) is 0 Å². The van der Waals surface area contributed by atoms with E-state index < -0.39 is 0 Å². The predicted octanol–water partition coefficient (Wildman–Crippen LogP) is 1.80. The monoisotopic (exact) mass is 203 g/mol. The molecule has 0 radical (unpaired) electrons. The van der Waals surface area contributed by atoms with Gasteiger partial charge in [0.15, 0.2) is 0 Å². The van der Waals surface area contributed by atoms with Crippen LogP contribution >= 0.6 is 0 Å². The molecule has 14 heavy (non-hydrogen) atoms. The maximum atomic E-state index is 5.91. The van der Waals surface area contributed by atoms with Crippen molar-refractivity contribution in [3.8, 4) is 0 Å². The molecule has 0 heterocycles. The van der Waals surface area contributed by atoms with Crippen LogP contribution in [0.5, 0.6) is 0 Å². The zero-order valence-corrected chi connectivity index (χ0v) is 9.79. The fourth-order valence-corrected chi connectivity index (χ4v) is 1.37. The van der Waals surface area contributed by atoms with E-state index in [-0.39, 0.29) is 6.04 Å². The van der Waals surface area contributed by atoms with Crippen molar-refractivity contribution in [2.24, 2.45) is 11.7 Å². The third-order valence-electron chi connectivity index (χ3n) is 2.04. The van der Waals surface area contributed by atoms with E-state index in [9.17, 15) is 0 Å². The first-order valence-electron chi connectivity index (χ1n) is 5.49. The molecule has 0 rings (SSSR count). The van der Waals surface area contributed by atoms with E-state index in [4.69, 9.17) is 15.2 Å². The second-order valence-electron chi connectivity index (χ2n) is 4.14. The Bertz CT molecular complexity index is 118. The van der Waals surface area contributed by atoms with Crippen molar-refractivity contribution in [2.45, 2.75) is 39.2 Å². The summed E-state index contributed by atoms with van der Waals surface area (Å²) >= 11 is 0. The van der Waals surface area contributed by atoms with Crippen molar-refractivity contribution in [2.75, 3.05) is 26.9 Å². The van der Waals surface area contributed by atoms with E-state index in [1.54, 1.807) is 7.11 Å². The molecule has 0 aliphatic heterocycles. The molecular formula is C11H25NO2. The molecule has 0 aliphatic carbocycles. The van der Waals surface area contributed by atoms with E-state index in [1.807, 2.05) is 0 Å². The van der Waals surface area contributed by atoms with E-state index in [0.29, 0.717) is 5.92 Å². The predicted molar refractivity (Wildman–Crippen MR) is 59.4 cm³/mol. The first kappa shape index (κ1) is 13.9. The van der Waals surface area contributed by atoms with Crippen LogP contribution in [0, 0.1) is 5.92 Å². The smallest absolute Gasteiger partial charge is 0.0487 e. The lowest BCUT2D eigenvalue weighted by Gasteiger charge is -2.13. The minimum Gasteiger partial charge on any atom is -0.385 e. The van der Waals surface area contributed by atoms with Crippen molar-refractivity contribution in [3.05, 3.63) is 0 Å². The Morgan fingerprint density at radius 2 is 1.86 bits per heavy atom. The largest absolute Gasteiger partial charge is 0.385 e. The second-order valence-corrected chi connectivity index (χ2v) is 4.14. The summed E-state index contributed by atoms with van der Waals surface area (Å²) in [6.45, 7) is 6.72. The zero-order chi connectivity index (χ0) is 10.8. The van der Waals surface area contributed by atoms with Gasteiger partial charge in [-0.15, -0.1) is 0 Å². The van der Waals surface area contributed by atoms with Gasteiger partial charge in [-0.05, 0) is 25.2 Å². The molecule has 2 N–H and O–H groups in total. The van der Waals surface area contributed by atoms with Gasteiger partial charge in [0.2, 0.25) is 0 Å². The number of hydrogen-bond donors (Lipinski definition) is 1. The van der Waals surface area contributed by atoms with Gasteiger partial charge in [-0.3, -0.25) is 0 Å². The van der Waals surface area contributed by atoms with E-state index >= 15 is 0 Å². The summed E-state index contributed by atoms with van der Waals surface area (Å²) in [5.74, 6) is 0.679. The summed E-state index contributed by atoms with van der Waals surface area (Å²) in [5.41, 5.74) is 5.91. The summed E-state index contributed by atoms with van der Waals surface area (Å²) < 4.78 is 10.3. The topological polar surface area (TPSA) is 44.5 Å². The Labute approximate surface area is 88.0 Å². The third-order valence-corrected chi connectivity index (χ3v) is 2.04. The number of hydrogen-bond acceptors (Lipinski definition) is 3. The van der Waals surface area contributed by atoms with Gasteiger partial charge in [0.05, 0.1) is 0 Å². The van der Waals surface area contributed by atoms with Crippen LogP contribution in [0.3, 0.4) is 0 Å². The van der Waals surface area contributed by atoms with Crippen LogP contribution < -0.4 is 5.73 Å². The summed E-state index contributed by atoms with van der Waals surface area (Å²) in [4.78, 5) is 0. The molecular weight excluding hydrogens is 178 g/mol. The molecule has 0 aromatic carbocycles. The quantitative estimate of drug-likeness (QED) is 0.581. The maximum Gasteiger partial charge on any atom is 0.0487 e. The average Bonchev–Trinajstić information content (AvgIpc) is 2.10. The Morgan fingerprint density at radius 3 is 2.43 bits per heavy atom. The van der Waals surface area contributed by atoms with Gasteiger partial charge in [-0.25, -0.2) is 0 Å². The van der Waals surface area contributed by atoms with Crippen LogP contribution in [0.2, 0.25) is 0 Å². The summed E-state index contributed by atoms with van der Waals surface area (Å²) in [6, 6.07) is 0.289. The van der Waals surface area contributed by atoms with Crippen LogP contribution in [-0.4, -0.2) is 33.0 Å². The molecule has 0 fully saturated rings. The number of methoxy groups -OCH3 is 1.